The van der Waals surface area contributed by atoms with E-state index >= 15 is 0 Å². The van der Waals surface area contributed by atoms with Gasteiger partial charge in [0.2, 0.25) is 0 Å². The van der Waals surface area contributed by atoms with Gasteiger partial charge < -0.3 is 5.21 Å². The first-order valence-corrected chi connectivity index (χ1v) is 3.17. The molecule has 0 radical (unpaired) electrons. The van der Waals surface area contributed by atoms with Crippen LogP contribution in [0.4, 0.5) is 0 Å². The van der Waals surface area contributed by atoms with Crippen molar-refractivity contribution in [2.75, 3.05) is 0 Å². The van der Waals surface area contributed by atoms with Crippen molar-refractivity contribution in [1.29, 1.82) is 0 Å². The molecule has 0 aromatic carbocycles. The van der Waals surface area contributed by atoms with Crippen molar-refractivity contribution in [3.63, 3.8) is 0 Å². The maximum absolute atomic E-state index is 8.32. The van der Waals surface area contributed by atoms with E-state index in [0.717, 1.165) is 5.56 Å². The summed E-state index contributed by atoms with van der Waals surface area (Å²) in [6, 6.07) is 1.74. The molecule has 0 aliphatic rings. The second-order valence-electron chi connectivity index (χ2n) is 1.80. The third kappa shape index (κ3) is 1.67. The Morgan fingerprint density at radius 3 is 3.10 bits per heavy atom. The molecule has 0 aliphatic carbocycles. The number of rotatable bonds is 2. The zero-order valence-corrected chi connectivity index (χ0v) is 5.97. The molecule has 4 heteroatoms. The fraction of sp³-hybridized carbons (Fsp3) is 0.167. The number of nitrogens with one attached hydrogen (secondary N) is 1. The zero-order chi connectivity index (χ0) is 7.40. The Labute approximate surface area is 63.6 Å². The highest BCUT2D eigenvalue weighted by atomic mass is 35.5. The van der Waals surface area contributed by atoms with Gasteiger partial charge in [-0.3, -0.25) is 4.98 Å². The predicted octanol–water partition coefficient (Wildman–Crippen LogP) is 1.21. The minimum Gasteiger partial charge on any atom is -0.316 e. The summed E-state index contributed by atoms with van der Waals surface area (Å²) >= 11 is 5.69. The molecule has 1 aromatic rings. The van der Waals surface area contributed by atoms with E-state index in [-0.39, 0.29) is 0 Å². The molecular weight excluding hydrogens is 152 g/mol. The first kappa shape index (κ1) is 7.47. The van der Waals surface area contributed by atoms with Gasteiger partial charge in [0.1, 0.15) is 0 Å². The highest BCUT2D eigenvalue weighted by Crippen LogP contribution is 2.11. The van der Waals surface area contributed by atoms with Crippen LogP contribution in [-0.2, 0) is 6.54 Å². The Morgan fingerprint density at radius 1 is 1.70 bits per heavy atom. The molecule has 0 saturated carbocycles. The van der Waals surface area contributed by atoms with E-state index in [1.165, 1.54) is 6.20 Å². The zero-order valence-electron chi connectivity index (χ0n) is 5.21. The molecule has 3 nitrogen and oxygen atoms in total. The van der Waals surface area contributed by atoms with Crippen LogP contribution < -0.4 is 5.48 Å². The van der Waals surface area contributed by atoms with Crippen LogP contribution in [0.3, 0.4) is 0 Å². The number of aromatic nitrogens is 1. The predicted molar refractivity (Wildman–Crippen MR) is 37.9 cm³/mol. The summed E-state index contributed by atoms with van der Waals surface area (Å²) in [7, 11) is 0. The van der Waals surface area contributed by atoms with Gasteiger partial charge in [-0.2, -0.15) is 0 Å². The highest BCUT2D eigenvalue weighted by Gasteiger charge is 1.95. The van der Waals surface area contributed by atoms with Crippen LogP contribution in [0.15, 0.2) is 18.5 Å². The van der Waals surface area contributed by atoms with Crippen LogP contribution in [0, 0.1) is 0 Å². The first-order valence-electron chi connectivity index (χ1n) is 2.80. The average molecular weight is 159 g/mol. The molecule has 1 rings (SSSR count). The monoisotopic (exact) mass is 158 g/mol. The van der Waals surface area contributed by atoms with Gasteiger partial charge in [-0.25, -0.2) is 5.48 Å². The lowest BCUT2D eigenvalue weighted by atomic mass is 10.3. The van der Waals surface area contributed by atoms with E-state index in [1.54, 1.807) is 12.3 Å². The Kier molecular flexibility index (Phi) is 2.62. The van der Waals surface area contributed by atoms with Crippen LogP contribution in [0.1, 0.15) is 5.56 Å². The Morgan fingerprint density at radius 2 is 2.50 bits per heavy atom. The van der Waals surface area contributed by atoms with Gasteiger partial charge in [-0.1, -0.05) is 11.6 Å². The highest BCUT2D eigenvalue weighted by molar-refractivity contribution is 6.31. The lowest BCUT2D eigenvalue weighted by molar-refractivity contribution is 0.161. The molecule has 2 N–H and O–H groups in total. The maximum atomic E-state index is 8.32. The molecule has 1 aromatic heterocycles. The maximum Gasteiger partial charge on any atom is 0.0635 e. The molecule has 0 saturated heterocycles. The van der Waals surface area contributed by atoms with Crippen molar-refractivity contribution in [2.24, 2.45) is 0 Å². The third-order valence-electron chi connectivity index (χ3n) is 1.13. The Balaban J connectivity index is 2.81. The fourth-order valence-corrected chi connectivity index (χ4v) is 0.819. The topological polar surface area (TPSA) is 45.1 Å². The molecular formula is C6H7ClN2O. The minimum absolute atomic E-state index is 0.349. The molecule has 54 valence electrons. The summed E-state index contributed by atoms with van der Waals surface area (Å²) in [5.74, 6) is 0. The van der Waals surface area contributed by atoms with Crippen LogP contribution in [0.2, 0.25) is 5.02 Å². The van der Waals surface area contributed by atoms with Gasteiger partial charge in [0, 0.05) is 18.9 Å². The smallest absolute Gasteiger partial charge is 0.0635 e. The van der Waals surface area contributed by atoms with Crippen LogP contribution in [0.25, 0.3) is 0 Å². The summed E-state index contributed by atoms with van der Waals surface area (Å²) < 4.78 is 0. The summed E-state index contributed by atoms with van der Waals surface area (Å²) in [5.41, 5.74) is 2.85. The number of halogens is 1. The Hall–Kier alpha value is -0.640. The van der Waals surface area contributed by atoms with Crippen LogP contribution in [0.5, 0.6) is 0 Å². The molecule has 0 unspecified atom stereocenters. The molecule has 0 atom stereocenters. The van der Waals surface area contributed by atoms with E-state index < -0.39 is 0 Å². The largest absolute Gasteiger partial charge is 0.316 e. The van der Waals surface area contributed by atoms with Crippen molar-refractivity contribution >= 4 is 11.6 Å². The van der Waals surface area contributed by atoms with Gasteiger partial charge >= 0.3 is 0 Å². The molecule has 1 heterocycles. The van der Waals surface area contributed by atoms with E-state index in [2.05, 4.69) is 4.98 Å². The van der Waals surface area contributed by atoms with Crippen molar-refractivity contribution in [3.05, 3.63) is 29.0 Å². The molecule has 0 bridgehead atoms. The SMILES string of the molecule is ONCc1ccncc1Cl. The second-order valence-corrected chi connectivity index (χ2v) is 2.21. The average Bonchev–Trinajstić information content (AvgIpc) is 1.94. The van der Waals surface area contributed by atoms with E-state index in [0.29, 0.717) is 11.6 Å². The van der Waals surface area contributed by atoms with E-state index in [4.69, 9.17) is 16.8 Å². The molecule has 0 fully saturated rings. The van der Waals surface area contributed by atoms with Crippen molar-refractivity contribution in [3.8, 4) is 0 Å². The number of hydrogen-bond donors (Lipinski definition) is 2. The first-order chi connectivity index (χ1) is 4.84. The van der Waals surface area contributed by atoms with E-state index in [1.807, 2.05) is 5.48 Å². The quantitative estimate of drug-likeness (QED) is 0.636. The summed E-state index contributed by atoms with van der Waals surface area (Å²) in [6.07, 6.45) is 3.16. The number of hydroxylamine groups is 1. The molecule has 10 heavy (non-hydrogen) atoms. The van der Waals surface area contributed by atoms with Crippen molar-refractivity contribution in [1.82, 2.24) is 10.5 Å². The molecule has 0 amide bonds. The van der Waals surface area contributed by atoms with Crippen molar-refractivity contribution < 1.29 is 5.21 Å². The normalized spacial score (nSPS) is 9.80. The minimum atomic E-state index is 0.349. The lowest BCUT2D eigenvalue weighted by Gasteiger charge is -1.99. The van der Waals surface area contributed by atoms with E-state index in [9.17, 15) is 0 Å². The van der Waals surface area contributed by atoms with Gasteiger partial charge in [-0.15, -0.1) is 0 Å². The molecule has 0 spiro atoms. The Bertz CT molecular complexity index is 217. The fourth-order valence-electron chi connectivity index (χ4n) is 0.633. The summed E-state index contributed by atoms with van der Waals surface area (Å²) in [6.45, 7) is 0.349. The number of nitrogens with zero attached hydrogens (tertiary/aromatic N) is 1. The van der Waals surface area contributed by atoms with Gasteiger partial charge in [0.05, 0.1) is 5.02 Å². The third-order valence-corrected chi connectivity index (χ3v) is 1.47. The summed E-state index contributed by atoms with van der Waals surface area (Å²) in [4.78, 5) is 3.79. The van der Waals surface area contributed by atoms with Gasteiger partial charge in [0.15, 0.2) is 0 Å². The summed E-state index contributed by atoms with van der Waals surface area (Å²) in [5, 5.41) is 8.87. The lowest BCUT2D eigenvalue weighted by Crippen LogP contribution is -2.06. The number of hydrogen-bond acceptors (Lipinski definition) is 3. The number of pyridine rings is 1. The van der Waals surface area contributed by atoms with Gasteiger partial charge in [-0.05, 0) is 11.6 Å². The van der Waals surface area contributed by atoms with Gasteiger partial charge in [0.25, 0.3) is 0 Å². The molecule has 0 aliphatic heterocycles. The standard InChI is InChI=1S/C6H7ClN2O/c7-6-4-8-2-1-5(6)3-9-10/h1-2,4,9-10H,3H2. The second kappa shape index (κ2) is 3.51. The van der Waals surface area contributed by atoms with Crippen LogP contribution >= 0.6 is 11.6 Å². The van der Waals surface area contributed by atoms with Crippen LogP contribution in [-0.4, -0.2) is 10.2 Å². The van der Waals surface area contributed by atoms with Crippen molar-refractivity contribution in [2.45, 2.75) is 6.54 Å².